The zero-order chi connectivity index (χ0) is 13.7. The van der Waals surface area contributed by atoms with Gasteiger partial charge in [0.05, 0.1) is 4.88 Å². The lowest BCUT2D eigenvalue weighted by atomic mass is 10.3. The molecular formula is C12H18N2O2S2. The van der Waals surface area contributed by atoms with Crippen molar-refractivity contribution < 1.29 is 9.59 Å². The molecule has 0 N–H and O–H groups in total. The van der Waals surface area contributed by atoms with E-state index in [1.54, 1.807) is 25.1 Å². The molecule has 0 aliphatic carbocycles. The minimum atomic E-state index is -0.0997. The third kappa shape index (κ3) is 4.03. The number of carbonyl (C=O) groups excluding carboxylic acids is 2. The summed E-state index contributed by atoms with van der Waals surface area (Å²) in [4.78, 5) is 28.4. The second-order valence-electron chi connectivity index (χ2n) is 4.18. The quantitative estimate of drug-likeness (QED) is 0.841. The second-order valence-corrected chi connectivity index (χ2v) is 5.61. The SMILES string of the molecule is CCCN(CC(=O)N(C)C)C(=O)c1cc(S)cs1. The average Bonchev–Trinajstić information content (AvgIpc) is 2.74. The topological polar surface area (TPSA) is 40.6 Å². The molecule has 1 aromatic heterocycles. The molecule has 0 bridgehead atoms. The number of thiophene rings is 1. The van der Waals surface area contributed by atoms with E-state index in [2.05, 4.69) is 12.6 Å². The summed E-state index contributed by atoms with van der Waals surface area (Å²) in [5.74, 6) is -0.170. The van der Waals surface area contributed by atoms with Gasteiger partial charge in [-0.3, -0.25) is 9.59 Å². The van der Waals surface area contributed by atoms with Gasteiger partial charge in [-0.25, -0.2) is 0 Å². The van der Waals surface area contributed by atoms with Crippen LogP contribution in [0.2, 0.25) is 0 Å². The first-order valence-electron chi connectivity index (χ1n) is 5.72. The molecule has 0 spiro atoms. The van der Waals surface area contributed by atoms with Crippen molar-refractivity contribution in [1.82, 2.24) is 9.80 Å². The van der Waals surface area contributed by atoms with Crippen LogP contribution in [0.5, 0.6) is 0 Å². The van der Waals surface area contributed by atoms with Gasteiger partial charge in [-0.05, 0) is 12.5 Å². The lowest BCUT2D eigenvalue weighted by Gasteiger charge is -2.22. The third-order valence-corrected chi connectivity index (χ3v) is 3.75. The first-order valence-corrected chi connectivity index (χ1v) is 7.05. The van der Waals surface area contributed by atoms with Crippen molar-refractivity contribution >= 4 is 35.8 Å². The van der Waals surface area contributed by atoms with Crippen LogP contribution in [0.25, 0.3) is 0 Å². The molecule has 0 saturated heterocycles. The lowest BCUT2D eigenvalue weighted by Crippen LogP contribution is -2.40. The van der Waals surface area contributed by atoms with Crippen LogP contribution in [-0.4, -0.2) is 48.8 Å². The highest BCUT2D eigenvalue weighted by Crippen LogP contribution is 2.19. The summed E-state index contributed by atoms with van der Waals surface area (Å²) in [6.07, 6.45) is 0.825. The van der Waals surface area contributed by atoms with Crippen LogP contribution in [0.15, 0.2) is 16.3 Å². The summed E-state index contributed by atoms with van der Waals surface area (Å²) >= 11 is 5.54. The molecule has 0 radical (unpaired) electrons. The molecule has 1 heterocycles. The smallest absolute Gasteiger partial charge is 0.264 e. The Morgan fingerprint density at radius 3 is 2.50 bits per heavy atom. The van der Waals surface area contributed by atoms with Gasteiger partial charge in [0.1, 0.15) is 6.54 Å². The van der Waals surface area contributed by atoms with Gasteiger partial charge in [-0.2, -0.15) is 0 Å². The molecule has 0 saturated carbocycles. The van der Waals surface area contributed by atoms with Gasteiger partial charge in [0.2, 0.25) is 5.91 Å². The first kappa shape index (κ1) is 15.0. The summed E-state index contributed by atoms with van der Waals surface area (Å²) in [6.45, 7) is 2.69. The molecular weight excluding hydrogens is 268 g/mol. The fourth-order valence-corrected chi connectivity index (χ4v) is 2.54. The van der Waals surface area contributed by atoms with Gasteiger partial charge in [0, 0.05) is 30.9 Å². The van der Waals surface area contributed by atoms with Crippen molar-refractivity contribution in [3.8, 4) is 0 Å². The normalized spacial score (nSPS) is 10.2. The van der Waals surface area contributed by atoms with Gasteiger partial charge < -0.3 is 9.80 Å². The summed E-state index contributed by atoms with van der Waals surface area (Å²) in [7, 11) is 3.38. The number of rotatable bonds is 5. The molecule has 18 heavy (non-hydrogen) atoms. The Bertz CT molecular complexity index is 429. The number of carbonyl (C=O) groups is 2. The predicted octanol–water partition coefficient (Wildman–Crippen LogP) is 1.98. The van der Waals surface area contributed by atoms with Crippen LogP contribution < -0.4 is 0 Å². The van der Waals surface area contributed by atoms with Gasteiger partial charge in [0.15, 0.2) is 0 Å². The van der Waals surface area contributed by atoms with Crippen LogP contribution in [0, 0.1) is 0 Å². The number of nitrogens with zero attached hydrogens (tertiary/aromatic N) is 2. The first-order chi connectivity index (χ1) is 8.45. The maximum absolute atomic E-state index is 12.2. The lowest BCUT2D eigenvalue weighted by molar-refractivity contribution is -0.129. The van der Waals surface area contributed by atoms with Crippen molar-refractivity contribution in [2.75, 3.05) is 27.2 Å². The van der Waals surface area contributed by atoms with Crippen LogP contribution in [-0.2, 0) is 4.79 Å². The highest BCUT2D eigenvalue weighted by Gasteiger charge is 2.20. The van der Waals surface area contributed by atoms with E-state index < -0.39 is 0 Å². The largest absolute Gasteiger partial charge is 0.347 e. The molecule has 0 aromatic carbocycles. The molecule has 2 amide bonds. The highest BCUT2D eigenvalue weighted by molar-refractivity contribution is 7.80. The van der Waals surface area contributed by atoms with E-state index in [1.807, 2.05) is 12.3 Å². The summed E-state index contributed by atoms with van der Waals surface area (Å²) in [6, 6.07) is 1.74. The Morgan fingerprint density at radius 1 is 1.39 bits per heavy atom. The molecule has 0 atom stereocenters. The van der Waals surface area contributed by atoms with Crippen LogP contribution in [0.4, 0.5) is 0 Å². The number of amides is 2. The number of hydrogen-bond acceptors (Lipinski definition) is 4. The van der Waals surface area contributed by atoms with Gasteiger partial charge in [-0.15, -0.1) is 24.0 Å². The van der Waals surface area contributed by atoms with E-state index in [1.165, 1.54) is 16.2 Å². The number of hydrogen-bond donors (Lipinski definition) is 1. The molecule has 100 valence electrons. The molecule has 0 unspecified atom stereocenters. The van der Waals surface area contributed by atoms with Gasteiger partial charge in [-0.1, -0.05) is 6.92 Å². The van der Waals surface area contributed by atoms with E-state index in [9.17, 15) is 9.59 Å². The Labute approximate surface area is 117 Å². The molecule has 0 fully saturated rings. The van der Waals surface area contributed by atoms with E-state index in [0.29, 0.717) is 11.4 Å². The average molecular weight is 286 g/mol. The van der Waals surface area contributed by atoms with Crippen molar-refractivity contribution in [2.24, 2.45) is 0 Å². The van der Waals surface area contributed by atoms with Crippen molar-refractivity contribution in [1.29, 1.82) is 0 Å². The molecule has 0 aliphatic heterocycles. The van der Waals surface area contributed by atoms with Crippen LogP contribution >= 0.6 is 24.0 Å². The fourth-order valence-electron chi connectivity index (χ4n) is 1.42. The number of thiol groups is 1. The van der Waals surface area contributed by atoms with Crippen molar-refractivity contribution in [2.45, 2.75) is 18.2 Å². The molecule has 1 aromatic rings. The summed E-state index contributed by atoms with van der Waals surface area (Å²) < 4.78 is 0. The Hall–Kier alpha value is -1.01. The molecule has 0 aliphatic rings. The Morgan fingerprint density at radius 2 is 2.06 bits per heavy atom. The maximum Gasteiger partial charge on any atom is 0.264 e. The Balaban J connectivity index is 2.78. The van der Waals surface area contributed by atoms with Gasteiger partial charge >= 0.3 is 0 Å². The second kappa shape index (κ2) is 6.80. The minimum Gasteiger partial charge on any atom is -0.347 e. The Kier molecular flexibility index (Phi) is 5.68. The standard InChI is InChI=1S/C12H18N2O2S2/c1-4-5-14(7-11(15)13(2)3)12(16)10-6-9(17)8-18-10/h6,8,17H,4-5,7H2,1-3H3. The number of likely N-dealkylation sites (N-methyl/N-ethyl adjacent to an activating group) is 1. The zero-order valence-corrected chi connectivity index (χ0v) is 12.6. The third-order valence-electron chi connectivity index (χ3n) is 2.40. The monoisotopic (exact) mass is 286 g/mol. The van der Waals surface area contributed by atoms with E-state index in [0.717, 1.165) is 11.3 Å². The zero-order valence-electron chi connectivity index (χ0n) is 10.8. The van der Waals surface area contributed by atoms with E-state index in [-0.39, 0.29) is 18.4 Å². The predicted molar refractivity (Wildman–Crippen MR) is 76.5 cm³/mol. The summed E-state index contributed by atoms with van der Waals surface area (Å²) in [5.41, 5.74) is 0. The maximum atomic E-state index is 12.2. The van der Waals surface area contributed by atoms with Crippen molar-refractivity contribution in [3.05, 3.63) is 16.3 Å². The van der Waals surface area contributed by atoms with Gasteiger partial charge in [0.25, 0.3) is 5.91 Å². The van der Waals surface area contributed by atoms with E-state index in [4.69, 9.17) is 0 Å². The molecule has 1 rings (SSSR count). The molecule has 4 nitrogen and oxygen atoms in total. The molecule has 6 heteroatoms. The minimum absolute atomic E-state index is 0.0700. The fraction of sp³-hybridized carbons (Fsp3) is 0.500. The van der Waals surface area contributed by atoms with Crippen LogP contribution in [0.3, 0.4) is 0 Å². The van der Waals surface area contributed by atoms with E-state index >= 15 is 0 Å². The van der Waals surface area contributed by atoms with Crippen molar-refractivity contribution in [3.63, 3.8) is 0 Å². The summed E-state index contributed by atoms with van der Waals surface area (Å²) in [5, 5.41) is 1.81. The highest BCUT2D eigenvalue weighted by atomic mass is 32.1. The van der Waals surface area contributed by atoms with Crippen LogP contribution in [0.1, 0.15) is 23.0 Å².